The predicted octanol–water partition coefficient (Wildman–Crippen LogP) is 1.05. The van der Waals surface area contributed by atoms with Crippen LogP contribution in [0.4, 0.5) is 0 Å². The number of carbonyl (C=O) groups is 2. The van der Waals surface area contributed by atoms with E-state index >= 15 is 0 Å². The molecule has 1 aromatic carbocycles. The van der Waals surface area contributed by atoms with Gasteiger partial charge in [-0.2, -0.15) is 0 Å². The minimum absolute atomic E-state index is 0.219. The van der Waals surface area contributed by atoms with Crippen molar-refractivity contribution < 1.29 is 9.59 Å². The van der Waals surface area contributed by atoms with E-state index in [1.807, 2.05) is 30.3 Å². The summed E-state index contributed by atoms with van der Waals surface area (Å²) in [5, 5.41) is 2.78. The number of benzene rings is 1. The topological polar surface area (TPSA) is 49.4 Å². The summed E-state index contributed by atoms with van der Waals surface area (Å²) in [6.45, 7) is 1.98. The molecule has 88 valence electrons. The van der Waals surface area contributed by atoms with Crippen LogP contribution in [0.5, 0.6) is 0 Å². The molecule has 1 aliphatic heterocycles. The zero-order valence-corrected chi connectivity index (χ0v) is 9.86. The van der Waals surface area contributed by atoms with Crippen LogP contribution in [-0.2, 0) is 16.1 Å². The van der Waals surface area contributed by atoms with Crippen LogP contribution in [-0.4, -0.2) is 23.8 Å². The van der Waals surface area contributed by atoms with Gasteiger partial charge in [-0.3, -0.25) is 14.5 Å². The van der Waals surface area contributed by atoms with Crippen molar-refractivity contribution in [1.82, 2.24) is 10.2 Å². The molecule has 4 nitrogen and oxygen atoms in total. The summed E-state index contributed by atoms with van der Waals surface area (Å²) >= 11 is 0. The average molecular weight is 230 g/mol. The molecule has 0 aromatic heterocycles. The molecule has 2 amide bonds. The summed E-state index contributed by atoms with van der Waals surface area (Å²) in [4.78, 5) is 25.1. The predicted molar refractivity (Wildman–Crippen MR) is 63.8 cm³/mol. The van der Waals surface area contributed by atoms with Crippen LogP contribution in [0.3, 0.4) is 0 Å². The Labute approximate surface area is 99.9 Å². The van der Waals surface area contributed by atoms with Crippen molar-refractivity contribution in [2.45, 2.75) is 13.5 Å². The first kappa shape index (κ1) is 11.4. The molecule has 2 rings (SSSR count). The maximum Gasteiger partial charge on any atom is 0.277 e. The number of likely N-dealkylation sites (N-methyl/N-ethyl adjacent to an activating group) is 1. The van der Waals surface area contributed by atoms with Gasteiger partial charge >= 0.3 is 0 Å². The zero-order valence-electron chi connectivity index (χ0n) is 9.86. The maximum absolute atomic E-state index is 11.9. The first-order valence-electron chi connectivity index (χ1n) is 5.44. The van der Waals surface area contributed by atoms with Crippen molar-refractivity contribution in [3.63, 3.8) is 0 Å². The highest BCUT2D eigenvalue weighted by Crippen LogP contribution is 2.20. The smallest absolute Gasteiger partial charge is 0.277 e. The minimum Gasteiger partial charge on any atom is -0.383 e. The molecule has 0 saturated carbocycles. The highest BCUT2D eigenvalue weighted by Gasteiger charge is 2.35. The quantitative estimate of drug-likeness (QED) is 0.790. The number of rotatable bonds is 3. The van der Waals surface area contributed by atoms with Gasteiger partial charge < -0.3 is 5.32 Å². The second-order valence-corrected chi connectivity index (χ2v) is 3.93. The van der Waals surface area contributed by atoms with Crippen molar-refractivity contribution >= 4 is 11.8 Å². The molecule has 0 unspecified atom stereocenters. The molecule has 0 aliphatic carbocycles. The molecule has 17 heavy (non-hydrogen) atoms. The Hall–Kier alpha value is -2.10. The molecule has 1 aromatic rings. The summed E-state index contributed by atoms with van der Waals surface area (Å²) in [7, 11) is 1.65. The van der Waals surface area contributed by atoms with Crippen LogP contribution in [0.15, 0.2) is 41.6 Å². The van der Waals surface area contributed by atoms with Crippen LogP contribution < -0.4 is 5.32 Å². The van der Waals surface area contributed by atoms with Gasteiger partial charge in [-0.1, -0.05) is 30.3 Å². The number of carbonyl (C=O) groups excluding carboxylic acids is 2. The van der Waals surface area contributed by atoms with E-state index in [0.717, 1.165) is 5.56 Å². The number of imide groups is 1. The molecule has 4 heteroatoms. The monoisotopic (exact) mass is 230 g/mol. The lowest BCUT2D eigenvalue weighted by Gasteiger charge is -2.14. The fourth-order valence-corrected chi connectivity index (χ4v) is 1.90. The van der Waals surface area contributed by atoms with E-state index < -0.39 is 0 Å². The Morgan fingerprint density at radius 2 is 1.76 bits per heavy atom. The van der Waals surface area contributed by atoms with Gasteiger partial charge in [0.15, 0.2) is 0 Å². The maximum atomic E-state index is 11.9. The SMILES string of the molecule is CNC1=C(C)C(=O)N(Cc2ccccc2)C1=O. The Kier molecular flexibility index (Phi) is 2.95. The molecule has 0 spiro atoms. The summed E-state index contributed by atoms with van der Waals surface area (Å²) in [5.74, 6) is -0.470. The fourth-order valence-electron chi connectivity index (χ4n) is 1.90. The fraction of sp³-hybridized carbons (Fsp3) is 0.231. The van der Waals surface area contributed by atoms with Crippen molar-refractivity contribution in [2.24, 2.45) is 0 Å². The Bertz CT molecular complexity index is 491. The summed E-state index contributed by atoms with van der Waals surface area (Å²) < 4.78 is 0. The van der Waals surface area contributed by atoms with Crippen molar-refractivity contribution in [2.75, 3.05) is 7.05 Å². The number of amides is 2. The van der Waals surface area contributed by atoms with E-state index in [4.69, 9.17) is 0 Å². The summed E-state index contributed by atoms with van der Waals surface area (Å²) in [6.07, 6.45) is 0. The van der Waals surface area contributed by atoms with Gasteiger partial charge in [0.1, 0.15) is 5.70 Å². The van der Waals surface area contributed by atoms with E-state index in [-0.39, 0.29) is 11.8 Å². The average Bonchev–Trinajstić information content (AvgIpc) is 2.55. The molecule has 0 radical (unpaired) electrons. The molecule has 1 N–H and O–H groups in total. The Morgan fingerprint density at radius 1 is 1.12 bits per heavy atom. The molecule has 0 fully saturated rings. The van der Waals surface area contributed by atoms with E-state index in [9.17, 15) is 9.59 Å². The third kappa shape index (κ3) is 1.93. The highest BCUT2D eigenvalue weighted by molar-refractivity contribution is 6.18. The molecule has 0 saturated heterocycles. The van der Waals surface area contributed by atoms with Gasteiger partial charge in [-0.25, -0.2) is 0 Å². The number of hydrogen-bond donors (Lipinski definition) is 1. The lowest BCUT2D eigenvalue weighted by Crippen LogP contribution is -2.32. The molecule has 1 heterocycles. The van der Waals surface area contributed by atoms with Crippen LogP contribution in [0.25, 0.3) is 0 Å². The molecular weight excluding hydrogens is 216 g/mol. The van der Waals surface area contributed by atoms with Gasteiger partial charge in [0.05, 0.1) is 6.54 Å². The normalized spacial score (nSPS) is 15.8. The first-order chi connectivity index (χ1) is 8.15. The van der Waals surface area contributed by atoms with E-state index in [2.05, 4.69) is 5.32 Å². The van der Waals surface area contributed by atoms with E-state index in [0.29, 0.717) is 17.8 Å². The van der Waals surface area contributed by atoms with Gasteiger partial charge in [0.2, 0.25) is 0 Å². The van der Waals surface area contributed by atoms with E-state index in [1.54, 1.807) is 14.0 Å². The Morgan fingerprint density at radius 3 is 2.29 bits per heavy atom. The lowest BCUT2D eigenvalue weighted by molar-refractivity contribution is -0.138. The van der Waals surface area contributed by atoms with Crippen LogP contribution >= 0.6 is 0 Å². The second kappa shape index (κ2) is 4.41. The third-order valence-corrected chi connectivity index (χ3v) is 2.83. The Balaban J connectivity index is 2.21. The van der Waals surface area contributed by atoms with Gasteiger partial charge in [0, 0.05) is 12.6 Å². The number of nitrogens with zero attached hydrogens (tertiary/aromatic N) is 1. The summed E-state index contributed by atoms with van der Waals surface area (Å²) in [5.41, 5.74) is 1.82. The first-order valence-corrected chi connectivity index (χ1v) is 5.44. The van der Waals surface area contributed by atoms with Crippen molar-refractivity contribution in [3.8, 4) is 0 Å². The molecule has 0 bridgehead atoms. The van der Waals surface area contributed by atoms with Crippen LogP contribution in [0, 0.1) is 0 Å². The molecule has 1 aliphatic rings. The van der Waals surface area contributed by atoms with Gasteiger partial charge in [-0.05, 0) is 12.5 Å². The van der Waals surface area contributed by atoms with Crippen molar-refractivity contribution in [3.05, 3.63) is 47.2 Å². The van der Waals surface area contributed by atoms with Crippen LogP contribution in [0.2, 0.25) is 0 Å². The van der Waals surface area contributed by atoms with Gasteiger partial charge in [-0.15, -0.1) is 0 Å². The second-order valence-electron chi connectivity index (χ2n) is 3.93. The highest BCUT2D eigenvalue weighted by atomic mass is 16.2. The van der Waals surface area contributed by atoms with Gasteiger partial charge in [0.25, 0.3) is 11.8 Å². The zero-order chi connectivity index (χ0) is 12.4. The standard InChI is InChI=1S/C13H14N2O2/c1-9-11(14-2)13(17)15(12(9)16)8-10-6-4-3-5-7-10/h3-7,14H,8H2,1-2H3. The van der Waals surface area contributed by atoms with E-state index in [1.165, 1.54) is 4.90 Å². The van der Waals surface area contributed by atoms with Crippen molar-refractivity contribution in [1.29, 1.82) is 0 Å². The van der Waals surface area contributed by atoms with Crippen LogP contribution in [0.1, 0.15) is 12.5 Å². The lowest BCUT2D eigenvalue weighted by atomic mass is 10.2. The molecule has 0 atom stereocenters. The number of nitrogens with one attached hydrogen (secondary N) is 1. The molecular formula is C13H14N2O2. The summed E-state index contributed by atoms with van der Waals surface area (Å²) in [6, 6.07) is 9.47. The largest absolute Gasteiger partial charge is 0.383 e. The number of hydrogen-bond acceptors (Lipinski definition) is 3. The minimum atomic E-state index is -0.251. The third-order valence-electron chi connectivity index (χ3n) is 2.83.